The quantitative estimate of drug-likeness (QED) is 0.208. The number of aliphatic hydroxyl groups excluding tert-OH is 1. The predicted molar refractivity (Wildman–Crippen MR) is 118 cm³/mol. The van der Waals surface area contributed by atoms with Crippen LogP contribution in [0.2, 0.25) is 0 Å². The number of nitrogens with one attached hydrogen (secondary N) is 1. The molecule has 0 unspecified atom stereocenters. The molecule has 0 spiro atoms. The van der Waals surface area contributed by atoms with Gasteiger partial charge in [-0.25, -0.2) is 0 Å². The molecule has 1 aromatic carbocycles. The zero-order chi connectivity index (χ0) is 20.2. The molecule has 0 aliphatic heterocycles. The van der Waals surface area contributed by atoms with Crippen LogP contribution in [0, 0.1) is 5.92 Å². The molecule has 10 heteroatoms. The summed E-state index contributed by atoms with van der Waals surface area (Å²) in [4.78, 5) is 34.1. The maximum absolute atomic E-state index is 11.5. The fourth-order valence-electron chi connectivity index (χ4n) is 2.52. The van der Waals surface area contributed by atoms with Gasteiger partial charge in [0.05, 0.1) is 12.0 Å². The van der Waals surface area contributed by atoms with Crippen molar-refractivity contribution in [3.8, 4) is 0 Å². The molecule has 0 saturated heterocycles. The van der Waals surface area contributed by atoms with Gasteiger partial charge in [0, 0.05) is 16.3 Å². The van der Waals surface area contributed by atoms with Crippen LogP contribution < -0.4 is 5.32 Å². The number of benzene rings is 1. The minimum absolute atomic E-state index is 0. The number of anilines is 1. The van der Waals surface area contributed by atoms with Gasteiger partial charge in [-0.1, -0.05) is 25.8 Å². The molecule has 1 aromatic rings. The Morgan fingerprint density at radius 2 is 1.79 bits per heavy atom. The van der Waals surface area contributed by atoms with Crippen molar-refractivity contribution < 1.29 is 29.7 Å². The van der Waals surface area contributed by atoms with Crippen molar-refractivity contribution in [2.24, 2.45) is 5.92 Å². The Morgan fingerprint density at radius 1 is 1.10 bits per heavy atom. The Morgan fingerprint density at radius 3 is 2.38 bits per heavy atom. The number of rotatable bonds is 13. The number of carbonyl (C=O) groups excluding carboxylic acids is 1. The van der Waals surface area contributed by atoms with Crippen LogP contribution in [0.4, 0.5) is 5.69 Å². The predicted octanol–water partition coefficient (Wildman–Crippen LogP) is 1.93. The van der Waals surface area contributed by atoms with Crippen LogP contribution >= 0.6 is 11.8 Å². The average molecular weight is 445 g/mol. The number of aliphatic hydroxyl groups is 1. The molecule has 0 saturated carbocycles. The summed E-state index contributed by atoms with van der Waals surface area (Å²) in [5.41, 5.74) is 0.492. The van der Waals surface area contributed by atoms with Gasteiger partial charge in [-0.15, -0.1) is 11.8 Å². The Hall–Kier alpha value is -0.0600. The Kier molecular flexibility index (Phi) is 18.9. The van der Waals surface area contributed by atoms with Crippen LogP contribution in [0.15, 0.2) is 29.2 Å². The van der Waals surface area contributed by atoms with Crippen molar-refractivity contribution in [2.45, 2.75) is 56.4 Å². The van der Waals surface area contributed by atoms with Gasteiger partial charge in [0.25, 0.3) is 0 Å². The Bertz CT molecular complexity index is 647. The van der Waals surface area contributed by atoms with Gasteiger partial charge in [-0.3, -0.25) is 14.4 Å². The van der Waals surface area contributed by atoms with E-state index in [-0.39, 0.29) is 59.1 Å². The molecule has 7 nitrogen and oxygen atoms in total. The van der Waals surface area contributed by atoms with Crippen molar-refractivity contribution >= 4 is 94.4 Å². The van der Waals surface area contributed by atoms with E-state index in [0.717, 1.165) is 17.7 Å². The van der Waals surface area contributed by atoms with E-state index in [1.807, 2.05) is 13.0 Å². The molecule has 0 aliphatic carbocycles. The van der Waals surface area contributed by atoms with Gasteiger partial charge in [-0.05, 0) is 37.5 Å². The molecule has 4 N–H and O–H groups in total. The molecule has 2 atom stereocenters. The maximum atomic E-state index is 11.5. The second-order valence-corrected chi connectivity index (χ2v) is 7.46. The van der Waals surface area contributed by atoms with Gasteiger partial charge < -0.3 is 20.6 Å². The van der Waals surface area contributed by atoms with E-state index in [0.29, 0.717) is 30.7 Å². The first-order valence-electron chi connectivity index (χ1n) is 8.97. The van der Waals surface area contributed by atoms with Gasteiger partial charge >= 0.3 is 71.1 Å². The minimum atomic E-state index is -1.19. The Balaban J connectivity index is 0. The van der Waals surface area contributed by atoms with Crippen molar-refractivity contribution in [3.63, 3.8) is 0 Å². The van der Waals surface area contributed by atoms with Gasteiger partial charge in [-0.2, -0.15) is 0 Å². The number of amides is 1. The van der Waals surface area contributed by atoms with Crippen LogP contribution in [0.3, 0.4) is 0 Å². The number of unbranched alkanes of at least 4 members (excludes halogenated alkanes) is 1. The summed E-state index contributed by atoms with van der Waals surface area (Å²) in [5.74, 6) is -2.62. The number of hydrogen-bond donors (Lipinski definition) is 4. The number of thioether (sulfide) groups is 1. The first-order chi connectivity index (χ1) is 12.8. The fraction of sp³-hybridized carbons (Fsp3) is 0.526. The first kappa shape index (κ1) is 31.1. The topological polar surface area (TPSA) is 124 Å². The zero-order valence-electron chi connectivity index (χ0n) is 15.4. The van der Waals surface area contributed by atoms with E-state index >= 15 is 0 Å². The number of carboxylic acids is 2. The molecule has 0 aromatic heterocycles. The number of hydrogen-bond acceptors (Lipinski definition) is 5. The molecule has 0 heterocycles. The summed E-state index contributed by atoms with van der Waals surface area (Å²) in [7, 11) is 0. The van der Waals surface area contributed by atoms with Crippen molar-refractivity contribution in [1.82, 2.24) is 0 Å². The summed E-state index contributed by atoms with van der Waals surface area (Å²) >= 11 is 1.40. The van der Waals surface area contributed by atoms with Crippen LogP contribution in [-0.4, -0.2) is 104 Å². The van der Waals surface area contributed by atoms with Crippen LogP contribution in [0.1, 0.15) is 45.4 Å². The summed E-state index contributed by atoms with van der Waals surface area (Å²) in [6.07, 6.45) is 2.08. The monoisotopic (exact) mass is 445 g/mol. The third-order valence-electron chi connectivity index (χ3n) is 3.98. The second kappa shape index (κ2) is 17.6. The standard InChI is InChI=1S/C19H27NO6S.2Na.2H/c1-2-3-5-13(19(25)26)8-9-15(21)12-27-16-7-4-6-14(10-16)20-17(22)11-18(23)24;;;;/h4,6-7,10,13,15,21H,2-3,5,8-9,11-12H2,1H3,(H,20,22)(H,23,24)(H,25,26);;;;/t13-,15-;;;;/m1..../s1. The fourth-order valence-corrected chi connectivity index (χ4v) is 3.45. The van der Waals surface area contributed by atoms with Crippen molar-refractivity contribution in [2.75, 3.05) is 11.1 Å². The summed E-state index contributed by atoms with van der Waals surface area (Å²) in [6, 6.07) is 6.92. The third kappa shape index (κ3) is 14.6. The van der Waals surface area contributed by atoms with Crippen molar-refractivity contribution in [3.05, 3.63) is 24.3 Å². The molecule has 0 fully saturated rings. The third-order valence-corrected chi connectivity index (χ3v) is 5.11. The molecule has 0 aliphatic rings. The molecule has 29 heavy (non-hydrogen) atoms. The van der Waals surface area contributed by atoms with Crippen LogP contribution in [0.25, 0.3) is 0 Å². The van der Waals surface area contributed by atoms with E-state index in [4.69, 9.17) is 5.11 Å². The second-order valence-electron chi connectivity index (χ2n) is 6.37. The van der Waals surface area contributed by atoms with Crippen LogP contribution in [-0.2, 0) is 14.4 Å². The molecule has 1 amide bonds. The Labute approximate surface area is 220 Å². The molecule has 154 valence electrons. The number of carbonyl (C=O) groups is 3. The molecule has 0 radical (unpaired) electrons. The van der Waals surface area contributed by atoms with E-state index in [9.17, 15) is 24.6 Å². The molecular formula is C19H29NNa2O6S. The summed E-state index contributed by atoms with van der Waals surface area (Å²) in [6.45, 7) is 2.02. The zero-order valence-corrected chi connectivity index (χ0v) is 16.2. The van der Waals surface area contributed by atoms with E-state index < -0.39 is 36.3 Å². The number of carboxylic acid groups (broad SMARTS) is 2. The molecular weight excluding hydrogens is 416 g/mol. The van der Waals surface area contributed by atoms with Gasteiger partial charge in [0.1, 0.15) is 6.42 Å². The first-order valence-corrected chi connectivity index (χ1v) is 9.95. The normalized spacial score (nSPS) is 12.1. The molecule has 1 rings (SSSR count). The SMILES string of the molecule is CCCC[C@H](CC[C@@H](O)CSc1cccc(NC(=O)CC(=O)O)c1)C(=O)O.[NaH].[NaH]. The van der Waals surface area contributed by atoms with Gasteiger partial charge in [0.15, 0.2) is 0 Å². The average Bonchev–Trinajstić information content (AvgIpc) is 2.59. The van der Waals surface area contributed by atoms with Gasteiger partial charge in [0.2, 0.25) is 5.91 Å². The summed E-state index contributed by atoms with van der Waals surface area (Å²) < 4.78 is 0. The van der Waals surface area contributed by atoms with Crippen LogP contribution in [0.5, 0.6) is 0 Å². The van der Waals surface area contributed by atoms with E-state index in [1.54, 1.807) is 18.2 Å². The van der Waals surface area contributed by atoms with E-state index in [1.165, 1.54) is 11.8 Å². The van der Waals surface area contributed by atoms with Crippen molar-refractivity contribution in [1.29, 1.82) is 0 Å². The summed E-state index contributed by atoms with van der Waals surface area (Å²) in [5, 5.41) is 30.5. The number of aliphatic carboxylic acids is 2. The molecule has 0 bridgehead atoms. The van der Waals surface area contributed by atoms with E-state index in [2.05, 4.69) is 5.32 Å².